The standard InChI is InChI=1S/C38H41FN8O5.C2H6/c1-22-17-28(6-7-29(22)39)47-34(45-14-12-41-37(45)50)33-24(3)44(13-9-30(33)42-47)35(49)32-19-27-18-26(25-10-15-51-16-11-25)5-8-31(27)46(32)38(20-23(38)2)36(40-4)43-52-21-48;1-2/h5-8,12,14,17-19,21,23-25H,9-11,13,15-16,20H2,1-4H3,(H,40,43)(H,41,50);1-2H3/t23?,24-,38-;/m0./s1. The second-order valence-electron chi connectivity index (χ2n) is 14.1. The van der Waals surface area contributed by atoms with Crippen LogP contribution < -0.4 is 11.2 Å². The van der Waals surface area contributed by atoms with E-state index in [0.717, 1.165) is 48.2 Å². The van der Waals surface area contributed by atoms with Crippen LogP contribution in [0.1, 0.15) is 91.8 Å². The SMILES string of the molecule is CC.CN=C(NOC=O)[C@]1(n2c(C(=O)N3CCc4nn(-c5ccc(F)c(C)c5)c(-n5cc[nH]c5=O)c4[C@@H]3C)cc3cc(C4CCOCC4)ccc32)CC1C. The lowest BCUT2D eigenvalue weighted by molar-refractivity contribution is -0.132. The molecule has 2 N–H and O–H groups in total. The number of nitrogens with one attached hydrogen (secondary N) is 2. The number of aliphatic imine (C=N–C) groups is 1. The van der Waals surface area contributed by atoms with E-state index >= 15 is 4.79 Å². The lowest BCUT2D eigenvalue weighted by Crippen LogP contribution is -2.44. The Morgan fingerprint density at radius 3 is 2.56 bits per heavy atom. The molecule has 0 spiro atoms. The second-order valence-corrected chi connectivity index (χ2v) is 14.1. The lowest BCUT2D eigenvalue weighted by atomic mass is 9.91. The minimum atomic E-state index is -0.760. The molecule has 1 aliphatic carbocycles. The van der Waals surface area contributed by atoms with Gasteiger partial charge in [0.2, 0.25) is 0 Å². The third-order valence-electron chi connectivity index (χ3n) is 11.2. The number of carbonyl (C=O) groups is 2. The van der Waals surface area contributed by atoms with Gasteiger partial charge in [0.15, 0.2) is 5.84 Å². The van der Waals surface area contributed by atoms with Crippen LogP contribution >= 0.6 is 0 Å². The Balaban J connectivity index is 0.00000221. The highest BCUT2D eigenvalue weighted by Crippen LogP contribution is 2.53. The maximum atomic E-state index is 15.1. The number of carbonyl (C=O) groups excluding carboxylic acids is 2. The third kappa shape index (κ3) is 6.02. The van der Waals surface area contributed by atoms with Crippen molar-refractivity contribution in [3.8, 4) is 11.5 Å². The zero-order chi connectivity index (χ0) is 38.3. The summed E-state index contributed by atoms with van der Waals surface area (Å²) in [6, 6.07) is 12.6. The first-order valence-corrected chi connectivity index (χ1v) is 18.7. The van der Waals surface area contributed by atoms with Crippen molar-refractivity contribution in [2.45, 2.75) is 77.8 Å². The molecule has 8 rings (SSSR count). The summed E-state index contributed by atoms with van der Waals surface area (Å²) in [5.74, 6) is 0.842. The van der Waals surface area contributed by atoms with Gasteiger partial charge in [-0.15, -0.1) is 0 Å². The number of amidine groups is 1. The number of H-pyrrole nitrogens is 1. The minimum Gasteiger partial charge on any atom is -0.381 e. The molecule has 2 fully saturated rings. The van der Waals surface area contributed by atoms with Crippen LogP contribution in [0.25, 0.3) is 22.4 Å². The molecule has 3 aromatic heterocycles. The molecule has 284 valence electrons. The van der Waals surface area contributed by atoms with Crippen molar-refractivity contribution in [1.29, 1.82) is 0 Å². The summed E-state index contributed by atoms with van der Waals surface area (Å²) in [5, 5.41) is 5.87. The molecule has 1 saturated heterocycles. The molecule has 5 heterocycles. The number of ether oxygens (including phenoxy) is 1. The summed E-state index contributed by atoms with van der Waals surface area (Å²) in [4.78, 5) is 53.6. The van der Waals surface area contributed by atoms with Crippen LogP contribution in [0, 0.1) is 18.7 Å². The van der Waals surface area contributed by atoms with Crippen LogP contribution in [-0.4, -0.2) is 73.8 Å². The van der Waals surface area contributed by atoms with Gasteiger partial charge in [0.25, 0.3) is 5.91 Å². The molecule has 1 unspecified atom stereocenters. The van der Waals surface area contributed by atoms with Gasteiger partial charge in [-0.3, -0.25) is 19.1 Å². The van der Waals surface area contributed by atoms with Gasteiger partial charge in [-0.05, 0) is 92.5 Å². The van der Waals surface area contributed by atoms with Gasteiger partial charge < -0.3 is 24.0 Å². The van der Waals surface area contributed by atoms with Gasteiger partial charge >= 0.3 is 12.2 Å². The molecule has 54 heavy (non-hydrogen) atoms. The van der Waals surface area contributed by atoms with Crippen molar-refractivity contribution < 1.29 is 23.6 Å². The molecular weight excluding hydrogens is 691 g/mol. The highest BCUT2D eigenvalue weighted by Gasteiger charge is 2.59. The Bertz CT molecular complexity index is 2300. The third-order valence-corrected chi connectivity index (χ3v) is 11.2. The fourth-order valence-electron chi connectivity index (χ4n) is 8.41. The van der Waals surface area contributed by atoms with Crippen molar-refractivity contribution >= 4 is 29.1 Å². The van der Waals surface area contributed by atoms with Gasteiger partial charge in [-0.2, -0.15) is 5.10 Å². The number of aryl methyl sites for hydroxylation is 1. The van der Waals surface area contributed by atoms with Crippen LogP contribution in [0.5, 0.6) is 0 Å². The maximum absolute atomic E-state index is 15.1. The first-order chi connectivity index (χ1) is 26.2. The number of imidazole rings is 1. The molecule has 0 radical (unpaired) electrons. The molecule has 14 heteroatoms. The fourth-order valence-corrected chi connectivity index (χ4v) is 8.41. The maximum Gasteiger partial charge on any atom is 0.331 e. The first-order valence-electron chi connectivity index (χ1n) is 18.7. The summed E-state index contributed by atoms with van der Waals surface area (Å²) >= 11 is 0. The lowest BCUT2D eigenvalue weighted by Gasteiger charge is -2.34. The number of hydrogen-bond acceptors (Lipinski definition) is 7. The number of hydroxylamine groups is 1. The molecule has 5 aromatic rings. The number of rotatable bonds is 8. The molecular formula is C40H47FN8O5. The van der Waals surface area contributed by atoms with Gasteiger partial charge in [0.1, 0.15) is 22.9 Å². The molecule has 2 aliphatic heterocycles. The number of nitrogens with zero attached hydrogens (tertiary/aromatic N) is 6. The Morgan fingerprint density at radius 2 is 1.91 bits per heavy atom. The van der Waals surface area contributed by atoms with E-state index in [4.69, 9.17) is 14.7 Å². The zero-order valence-electron chi connectivity index (χ0n) is 31.6. The Hall–Kier alpha value is -5.50. The van der Waals surface area contributed by atoms with Crippen LogP contribution in [-0.2, 0) is 26.3 Å². The summed E-state index contributed by atoms with van der Waals surface area (Å²) in [7, 11) is 1.64. The summed E-state index contributed by atoms with van der Waals surface area (Å²) in [5.41, 5.74) is 6.72. The molecule has 3 atom stereocenters. The predicted molar refractivity (Wildman–Crippen MR) is 203 cm³/mol. The average molecular weight is 739 g/mol. The van der Waals surface area contributed by atoms with E-state index < -0.39 is 11.6 Å². The Morgan fingerprint density at radius 1 is 1.15 bits per heavy atom. The largest absolute Gasteiger partial charge is 0.381 e. The van der Waals surface area contributed by atoms with Crippen LogP contribution in [0.2, 0.25) is 0 Å². The molecule has 0 bridgehead atoms. The van der Waals surface area contributed by atoms with Crippen molar-refractivity contribution in [2.75, 3.05) is 26.8 Å². The molecule has 2 aromatic carbocycles. The molecule has 13 nitrogen and oxygen atoms in total. The Kier molecular flexibility index (Phi) is 10.1. The van der Waals surface area contributed by atoms with Crippen LogP contribution in [0.15, 0.2) is 64.6 Å². The number of amides is 1. The fraction of sp³-hybridized carbons (Fsp3) is 0.425. The number of halogens is 1. The minimum absolute atomic E-state index is 0.0705. The van der Waals surface area contributed by atoms with Gasteiger partial charge in [0, 0.05) is 62.1 Å². The van der Waals surface area contributed by atoms with E-state index in [9.17, 15) is 14.0 Å². The van der Waals surface area contributed by atoms with E-state index in [-0.39, 0.29) is 23.3 Å². The summed E-state index contributed by atoms with van der Waals surface area (Å²) < 4.78 is 25.2. The summed E-state index contributed by atoms with van der Waals surface area (Å²) in [6.07, 6.45) is 6.17. The van der Waals surface area contributed by atoms with Gasteiger partial charge in [-0.1, -0.05) is 26.8 Å². The summed E-state index contributed by atoms with van der Waals surface area (Å²) in [6.45, 7) is 11.9. The molecule has 1 saturated carbocycles. The van der Waals surface area contributed by atoms with Crippen molar-refractivity contribution in [2.24, 2.45) is 10.9 Å². The van der Waals surface area contributed by atoms with Gasteiger partial charge in [0.05, 0.1) is 17.4 Å². The smallest absolute Gasteiger partial charge is 0.331 e. The molecule has 3 aliphatic rings. The van der Waals surface area contributed by atoms with Crippen molar-refractivity contribution in [3.05, 3.63) is 99.2 Å². The van der Waals surface area contributed by atoms with Crippen molar-refractivity contribution in [3.63, 3.8) is 0 Å². The van der Waals surface area contributed by atoms with Crippen molar-refractivity contribution in [1.82, 2.24) is 34.3 Å². The number of aromatic nitrogens is 5. The predicted octanol–water partition coefficient (Wildman–Crippen LogP) is 5.87. The monoisotopic (exact) mass is 738 g/mol. The topological polar surface area (TPSA) is 141 Å². The van der Waals surface area contributed by atoms with Gasteiger partial charge in [-0.25, -0.2) is 19.3 Å². The molecule has 1 amide bonds. The van der Waals surface area contributed by atoms with E-state index in [1.807, 2.05) is 31.7 Å². The normalized spacial score (nSPS) is 21.3. The number of hydrogen-bond donors (Lipinski definition) is 2. The van der Waals surface area contributed by atoms with Crippen LogP contribution in [0.4, 0.5) is 4.39 Å². The number of fused-ring (bicyclic) bond motifs is 2. The second kappa shape index (κ2) is 14.7. The zero-order valence-corrected chi connectivity index (χ0v) is 31.6. The van der Waals surface area contributed by atoms with E-state index in [1.54, 1.807) is 43.2 Å². The highest BCUT2D eigenvalue weighted by atomic mass is 19.1. The van der Waals surface area contributed by atoms with Crippen LogP contribution in [0.3, 0.4) is 0 Å². The van der Waals surface area contributed by atoms with E-state index in [0.29, 0.717) is 60.4 Å². The highest BCUT2D eigenvalue weighted by molar-refractivity contribution is 6.03. The van der Waals surface area contributed by atoms with E-state index in [1.165, 1.54) is 16.2 Å². The number of benzene rings is 2. The quantitative estimate of drug-likeness (QED) is 0.0878. The average Bonchev–Trinajstić information content (AvgIpc) is 3.52. The number of aromatic amines is 1. The van der Waals surface area contributed by atoms with E-state index in [2.05, 4.69) is 45.1 Å². The Labute approximate surface area is 312 Å². The first kappa shape index (κ1) is 36.8.